The number of anilines is 2. The van der Waals surface area contributed by atoms with Crippen LogP contribution in [-0.4, -0.2) is 54.2 Å². The molecular weight excluding hydrogens is 458 g/mol. The zero-order valence-corrected chi connectivity index (χ0v) is 19.7. The normalized spacial score (nSPS) is 15.1. The molecule has 0 atom stereocenters. The van der Waals surface area contributed by atoms with Gasteiger partial charge in [0.25, 0.3) is 0 Å². The van der Waals surface area contributed by atoms with Crippen LogP contribution in [0.25, 0.3) is 22.0 Å². The van der Waals surface area contributed by atoms with Crippen molar-refractivity contribution in [1.82, 2.24) is 19.5 Å². The average molecular weight is 482 g/mol. The molecule has 33 heavy (non-hydrogen) atoms. The van der Waals surface area contributed by atoms with E-state index < -0.39 is 10.0 Å². The molecule has 170 valence electrons. The first kappa shape index (κ1) is 21.9. The largest absolute Gasteiger partial charge is 0.379 e. The van der Waals surface area contributed by atoms with E-state index in [9.17, 15) is 8.42 Å². The Morgan fingerprint density at radius 3 is 2.52 bits per heavy atom. The summed E-state index contributed by atoms with van der Waals surface area (Å²) in [4.78, 5) is 4.76. The molecular formula is C23H23N5O3S2. The number of morpholine rings is 1. The zero-order chi connectivity index (χ0) is 22.8. The Hall–Kier alpha value is -2.92. The van der Waals surface area contributed by atoms with Crippen LogP contribution in [0, 0.1) is 0 Å². The van der Waals surface area contributed by atoms with Gasteiger partial charge in [0.15, 0.2) is 0 Å². The lowest BCUT2D eigenvalue weighted by atomic mass is 10.0. The summed E-state index contributed by atoms with van der Waals surface area (Å²) < 4.78 is 32.5. The fourth-order valence-corrected chi connectivity index (χ4v) is 5.85. The molecule has 1 N–H and O–H groups in total. The van der Waals surface area contributed by atoms with Crippen LogP contribution in [0.15, 0.2) is 59.6 Å². The van der Waals surface area contributed by atoms with Crippen LogP contribution >= 0.6 is 11.3 Å². The van der Waals surface area contributed by atoms with E-state index in [1.165, 1.54) is 15.6 Å². The SMILES string of the molecule is CCc1nnc(Nc2ccnc3ccc(-c4ccc(S(=O)(=O)N5CCOCC5)cc4)cc23)s1. The molecule has 2 aromatic carbocycles. The van der Waals surface area contributed by atoms with Crippen molar-refractivity contribution >= 4 is 43.1 Å². The van der Waals surface area contributed by atoms with Gasteiger partial charge in [0, 0.05) is 24.7 Å². The summed E-state index contributed by atoms with van der Waals surface area (Å²) >= 11 is 1.53. The molecule has 0 bridgehead atoms. The third-order valence-electron chi connectivity index (χ3n) is 5.55. The maximum absolute atomic E-state index is 12.9. The van der Waals surface area contributed by atoms with Crippen molar-refractivity contribution < 1.29 is 13.2 Å². The Bertz CT molecular complexity index is 1380. The van der Waals surface area contributed by atoms with Gasteiger partial charge in [-0.2, -0.15) is 4.31 Å². The number of fused-ring (bicyclic) bond motifs is 1. The second kappa shape index (κ2) is 9.14. The maximum Gasteiger partial charge on any atom is 0.243 e. The number of benzene rings is 2. The average Bonchev–Trinajstić information content (AvgIpc) is 3.32. The Morgan fingerprint density at radius 1 is 1.03 bits per heavy atom. The summed E-state index contributed by atoms with van der Waals surface area (Å²) in [5.74, 6) is 0. The van der Waals surface area contributed by atoms with Gasteiger partial charge in [0.1, 0.15) is 5.01 Å². The lowest BCUT2D eigenvalue weighted by molar-refractivity contribution is 0.0730. The first-order valence-corrected chi connectivity index (χ1v) is 13.0. The van der Waals surface area contributed by atoms with Gasteiger partial charge in [-0.1, -0.05) is 36.5 Å². The molecule has 8 nitrogen and oxygen atoms in total. The summed E-state index contributed by atoms with van der Waals surface area (Å²) in [7, 11) is -3.52. The van der Waals surface area contributed by atoms with Crippen molar-refractivity contribution in [3.05, 3.63) is 59.7 Å². The van der Waals surface area contributed by atoms with Crippen LogP contribution in [0.5, 0.6) is 0 Å². The fourth-order valence-electron chi connectivity index (χ4n) is 3.75. The second-order valence-electron chi connectivity index (χ2n) is 7.61. The highest BCUT2D eigenvalue weighted by atomic mass is 32.2. The highest BCUT2D eigenvalue weighted by Crippen LogP contribution is 2.31. The number of nitrogens with zero attached hydrogens (tertiary/aromatic N) is 4. The lowest BCUT2D eigenvalue weighted by Gasteiger charge is -2.26. The van der Waals surface area contributed by atoms with Crippen LogP contribution in [0.2, 0.25) is 0 Å². The van der Waals surface area contributed by atoms with E-state index in [0.29, 0.717) is 31.2 Å². The van der Waals surface area contributed by atoms with Crippen molar-refractivity contribution in [2.24, 2.45) is 0 Å². The molecule has 1 saturated heterocycles. The van der Waals surface area contributed by atoms with Gasteiger partial charge in [-0.3, -0.25) is 4.98 Å². The van der Waals surface area contributed by atoms with Crippen molar-refractivity contribution in [3.63, 3.8) is 0 Å². The third-order valence-corrected chi connectivity index (χ3v) is 8.44. The summed E-state index contributed by atoms with van der Waals surface area (Å²) in [6, 6.07) is 14.9. The van der Waals surface area contributed by atoms with Gasteiger partial charge >= 0.3 is 0 Å². The molecule has 0 spiro atoms. The molecule has 0 amide bonds. The quantitative estimate of drug-likeness (QED) is 0.443. The standard InChI is InChI=1S/C23H23N5O3S2/c1-2-22-26-27-23(32-22)25-21-9-10-24-20-8-5-17(15-19(20)21)16-3-6-18(7-4-16)33(29,30)28-11-13-31-14-12-28/h3-10,15H,2,11-14H2,1H3,(H,24,25,27). The van der Waals surface area contributed by atoms with E-state index in [4.69, 9.17) is 4.74 Å². The van der Waals surface area contributed by atoms with Crippen molar-refractivity contribution in [2.75, 3.05) is 31.6 Å². The first-order chi connectivity index (χ1) is 16.0. The van der Waals surface area contributed by atoms with E-state index in [-0.39, 0.29) is 0 Å². The maximum atomic E-state index is 12.9. The summed E-state index contributed by atoms with van der Waals surface area (Å²) in [6.45, 7) is 3.67. The van der Waals surface area contributed by atoms with E-state index in [0.717, 1.165) is 44.3 Å². The predicted octanol–water partition coefficient (Wildman–Crippen LogP) is 4.08. The first-order valence-electron chi connectivity index (χ1n) is 10.7. The molecule has 1 aliphatic heterocycles. The summed E-state index contributed by atoms with van der Waals surface area (Å²) in [5.41, 5.74) is 3.65. The molecule has 0 unspecified atom stereocenters. The molecule has 2 aromatic heterocycles. The zero-order valence-electron chi connectivity index (χ0n) is 18.1. The van der Waals surface area contributed by atoms with Gasteiger partial charge in [0.2, 0.25) is 15.2 Å². The smallest absolute Gasteiger partial charge is 0.243 e. The number of hydrogen-bond donors (Lipinski definition) is 1. The molecule has 0 aliphatic carbocycles. The van der Waals surface area contributed by atoms with E-state index in [1.807, 2.05) is 30.3 Å². The van der Waals surface area contributed by atoms with E-state index in [2.05, 4.69) is 33.5 Å². The minimum absolute atomic E-state index is 0.293. The third kappa shape index (κ3) is 4.47. The molecule has 0 saturated carbocycles. The Labute approximate surface area is 196 Å². The van der Waals surface area contributed by atoms with Crippen LogP contribution in [-0.2, 0) is 21.2 Å². The van der Waals surface area contributed by atoms with Gasteiger partial charge in [-0.05, 0) is 47.9 Å². The van der Waals surface area contributed by atoms with Gasteiger partial charge in [0.05, 0.1) is 29.3 Å². The Kier molecular flexibility index (Phi) is 6.07. The van der Waals surface area contributed by atoms with Gasteiger partial charge in [-0.15, -0.1) is 10.2 Å². The fraction of sp³-hybridized carbons (Fsp3) is 0.261. The molecule has 10 heteroatoms. The highest BCUT2D eigenvalue weighted by Gasteiger charge is 2.26. The second-order valence-corrected chi connectivity index (χ2v) is 10.6. The molecule has 1 aliphatic rings. The molecule has 1 fully saturated rings. The van der Waals surface area contributed by atoms with E-state index in [1.54, 1.807) is 18.3 Å². The van der Waals surface area contributed by atoms with Crippen molar-refractivity contribution in [2.45, 2.75) is 18.2 Å². The number of hydrogen-bond acceptors (Lipinski definition) is 8. The Balaban J connectivity index is 1.45. The minimum atomic E-state index is -3.52. The summed E-state index contributed by atoms with van der Waals surface area (Å²) in [6.07, 6.45) is 2.61. The number of sulfonamides is 1. The van der Waals surface area contributed by atoms with E-state index >= 15 is 0 Å². The number of nitrogens with one attached hydrogen (secondary N) is 1. The highest BCUT2D eigenvalue weighted by molar-refractivity contribution is 7.89. The van der Waals surface area contributed by atoms with Crippen LogP contribution in [0.1, 0.15) is 11.9 Å². The van der Waals surface area contributed by atoms with Crippen molar-refractivity contribution in [3.8, 4) is 11.1 Å². The van der Waals surface area contributed by atoms with Crippen LogP contribution < -0.4 is 5.32 Å². The number of ether oxygens (including phenoxy) is 1. The number of pyridine rings is 1. The topological polar surface area (TPSA) is 97.3 Å². The van der Waals surface area contributed by atoms with Gasteiger partial charge < -0.3 is 10.1 Å². The van der Waals surface area contributed by atoms with Crippen molar-refractivity contribution in [1.29, 1.82) is 0 Å². The molecule has 3 heterocycles. The number of aromatic nitrogens is 3. The monoisotopic (exact) mass is 481 g/mol. The Morgan fingerprint density at radius 2 is 1.79 bits per heavy atom. The molecule has 0 radical (unpaired) electrons. The number of aryl methyl sites for hydroxylation is 1. The van der Waals surface area contributed by atoms with Crippen LogP contribution in [0.3, 0.4) is 0 Å². The minimum Gasteiger partial charge on any atom is -0.379 e. The predicted molar refractivity (Wildman–Crippen MR) is 129 cm³/mol. The van der Waals surface area contributed by atoms with Crippen LogP contribution in [0.4, 0.5) is 10.8 Å². The number of rotatable bonds is 6. The molecule has 5 rings (SSSR count). The van der Waals surface area contributed by atoms with Gasteiger partial charge in [-0.25, -0.2) is 8.42 Å². The molecule has 4 aromatic rings. The lowest BCUT2D eigenvalue weighted by Crippen LogP contribution is -2.40. The summed E-state index contributed by atoms with van der Waals surface area (Å²) in [5, 5.41) is 14.4.